The van der Waals surface area contributed by atoms with E-state index in [1.54, 1.807) is 0 Å². The molecule has 18 heavy (non-hydrogen) atoms. The van der Waals surface area contributed by atoms with Crippen molar-refractivity contribution in [2.75, 3.05) is 0 Å². The summed E-state index contributed by atoms with van der Waals surface area (Å²) in [7, 11) is 0. The van der Waals surface area contributed by atoms with Crippen LogP contribution in [-0.4, -0.2) is 16.2 Å². The Hall–Kier alpha value is -1.82. The third-order valence-electron chi connectivity index (χ3n) is 2.31. The number of halogens is 2. The minimum Gasteiger partial charge on any atom is -0.334 e. The first-order valence-corrected chi connectivity index (χ1v) is 5.58. The van der Waals surface area contributed by atoms with Gasteiger partial charge in [0.25, 0.3) is 5.89 Å². The summed E-state index contributed by atoms with van der Waals surface area (Å²) in [5, 5.41) is 6.75. The smallest absolute Gasteiger partial charge is 0.263 e. The van der Waals surface area contributed by atoms with E-state index in [9.17, 15) is 8.78 Å². The molecule has 0 spiro atoms. The number of nitrogens with one attached hydrogen (secondary N) is 1. The Kier molecular flexibility index (Phi) is 3.66. The molecule has 0 saturated carbocycles. The maximum absolute atomic E-state index is 13.5. The van der Waals surface area contributed by atoms with Crippen molar-refractivity contribution in [1.82, 2.24) is 15.5 Å². The molecule has 4 nitrogen and oxygen atoms in total. The third-order valence-corrected chi connectivity index (χ3v) is 2.31. The number of benzene rings is 1. The summed E-state index contributed by atoms with van der Waals surface area (Å²) in [5.41, 5.74) is -0.291. The van der Waals surface area contributed by atoms with Crippen LogP contribution >= 0.6 is 0 Å². The molecule has 0 bridgehead atoms. The second kappa shape index (κ2) is 5.22. The normalized spacial score (nSPS) is 11.2. The van der Waals surface area contributed by atoms with Gasteiger partial charge in [-0.1, -0.05) is 25.1 Å². The van der Waals surface area contributed by atoms with Crippen LogP contribution in [0.3, 0.4) is 0 Å². The van der Waals surface area contributed by atoms with Gasteiger partial charge in [-0.15, -0.1) is 0 Å². The van der Waals surface area contributed by atoms with E-state index in [4.69, 9.17) is 4.52 Å². The van der Waals surface area contributed by atoms with Gasteiger partial charge in [-0.05, 0) is 12.1 Å². The average Bonchev–Trinajstić information content (AvgIpc) is 2.75. The maximum atomic E-state index is 13.5. The Morgan fingerprint density at radius 3 is 2.56 bits per heavy atom. The summed E-state index contributed by atoms with van der Waals surface area (Å²) in [5.74, 6) is -1.23. The lowest BCUT2D eigenvalue weighted by atomic mass is 10.2. The fraction of sp³-hybridized carbons (Fsp3) is 0.333. The van der Waals surface area contributed by atoms with Crippen LogP contribution in [0.4, 0.5) is 8.78 Å². The van der Waals surface area contributed by atoms with Crippen LogP contribution in [0.15, 0.2) is 22.7 Å². The molecule has 1 N–H and O–H groups in total. The molecule has 0 saturated heterocycles. The highest BCUT2D eigenvalue weighted by Gasteiger charge is 2.17. The molecule has 0 unspecified atom stereocenters. The zero-order chi connectivity index (χ0) is 13.1. The molecule has 1 aromatic heterocycles. The van der Waals surface area contributed by atoms with Crippen molar-refractivity contribution in [2.24, 2.45) is 0 Å². The molecule has 0 fully saturated rings. The highest BCUT2D eigenvalue weighted by Crippen LogP contribution is 2.24. The predicted molar refractivity (Wildman–Crippen MR) is 61.6 cm³/mol. The molecular weight excluding hydrogens is 240 g/mol. The van der Waals surface area contributed by atoms with E-state index in [0.717, 1.165) is 12.1 Å². The van der Waals surface area contributed by atoms with Gasteiger partial charge in [-0.25, -0.2) is 8.78 Å². The van der Waals surface area contributed by atoms with E-state index >= 15 is 0 Å². The summed E-state index contributed by atoms with van der Waals surface area (Å²) in [4.78, 5) is 3.95. The largest absolute Gasteiger partial charge is 0.334 e. The molecule has 6 heteroatoms. The van der Waals surface area contributed by atoms with Crippen molar-refractivity contribution in [3.05, 3.63) is 35.7 Å². The minimum atomic E-state index is -0.720. The first-order chi connectivity index (χ1) is 8.58. The van der Waals surface area contributed by atoms with Gasteiger partial charge in [0.1, 0.15) is 17.2 Å². The summed E-state index contributed by atoms with van der Waals surface area (Å²) in [6.07, 6.45) is 0. The van der Waals surface area contributed by atoms with Gasteiger partial charge in [-0.3, -0.25) is 0 Å². The van der Waals surface area contributed by atoms with Crippen LogP contribution in [0, 0.1) is 11.6 Å². The number of hydrogen-bond acceptors (Lipinski definition) is 4. The zero-order valence-electron chi connectivity index (χ0n) is 10.1. The molecule has 0 radical (unpaired) electrons. The first kappa shape index (κ1) is 12.6. The topological polar surface area (TPSA) is 51.0 Å². The molecule has 2 aromatic rings. The highest BCUT2D eigenvalue weighted by molar-refractivity contribution is 5.54. The van der Waals surface area contributed by atoms with Gasteiger partial charge in [0, 0.05) is 6.04 Å². The molecule has 0 aliphatic rings. The van der Waals surface area contributed by atoms with Crippen LogP contribution in [-0.2, 0) is 6.54 Å². The van der Waals surface area contributed by atoms with Crippen molar-refractivity contribution in [2.45, 2.75) is 26.4 Å². The van der Waals surface area contributed by atoms with Gasteiger partial charge in [-0.2, -0.15) is 4.98 Å². The summed E-state index contributed by atoms with van der Waals surface area (Å²) >= 11 is 0. The van der Waals surface area contributed by atoms with E-state index in [-0.39, 0.29) is 17.5 Å². The zero-order valence-corrected chi connectivity index (χ0v) is 10.1. The van der Waals surface area contributed by atoms with Gasteiger partial charge in [0.15, 0.2) is 5.82 Å². The number of hydrogen-bond donors (Lipinski definition) is 1. The molecule has 0 aliphatic carbocycles. The number of rotatable bonds is 4. The lowest BCUT2D eigenvalue weighted by molar-refractivity contribution is 0.412. The monoisotopic (exact) mass is 253 g/mol. The van der Waals surface area contributed by atoms with Crippen molar-refractivity contribution in [3.63, 3.8) is 0 Å². The van der Waals surface area contributed by atoms with E-state index in [0.29, 0.717) is 12.4 Å². The molecule has 0 amide bonds. The molecule has 1 heterocycles. The Balaban J connectivity index is 2.24. The Labute approximate surface area is 103 Å². The van der Waals surface area contributed by atoms with Crippen LogP contribution in [0.5, 0.6) is 0 Å². The van der Waals surface area contributed by atoms with Crippen LogP contribution in [0.1, 0.15) is 19.7 Å². The maximum Gasteiger partial charge on any atom is 0.263 e. The fourth-order valence-corrected chi connectivity index (χ4v) is 1.42. The van der Waals surface area contributed by atoms with E-state index in [1.807, 2.05) is 13.8 Å². The van der Waals surface area contributed by atoms with Gasteiger partial charge >= 0.3 is 0 Å². The van der Waals surface area contributed by atoms with Crippen LogP contribution < -0.4 is 5.32 Å². The lowest BCUT2D eigenvalue weighted by Crippen LogP contribution is -2.22. The SMILES string of the molecule is CC(C)NCc1noc(-c2c(F)cccc2F)n1. The Morgan fingerprint density at radius 2 is 1.94 bits per heavy atom. The number of nitrogens with zero attached hydrogens (tertiary/aromatic N) is 2. The minimum absolute atomic E-state index is 0.147. The van der Waals surface area contributed by atoms with Crippen molar-refractivity contribution >= 4 is 0 Å². The molecule has 96 valence electrons. The molecule has 0 atom stereocenters. The Bertz CT molecular complexity index is 520. The fourth-order valence-electron chi connectivity index (χ4n) is 1.42. The molecular formula is C12H13F2N3O. The van der Waals surface area contributed by atoms with Crippen molar-refractivity contribution in [1.29, 1.82) is 0 Å². The lowest BCUT2D eigenvalue weighted by Gasteiger charge is -2.03. The number of aromatic nitrogens is 2. The Morgan fingerprint density at radius 1 is 1.28 bits per heavy atom. The highest BCUT2D eigenvalue weighted by atomic mass is 19.1. The summed E-state index contributed by atoms with van der Waals surface area (Å²) in [6, 6.07) is 3.84. The average molecular weight is 253 g/mol. The van der Waals surface area contributed by atoms with Crippen LogP contribution in [0.2, 0.25) is 0 Å². The van der Waals surface area contributed by atoms with E-state index < -0.39 is 11.6 Å². The second-order valence-corrected chi connectivity index (χ2v) is 4.15. The van der Waals surface area contributed by atoms with E-state index in [1.165, 1.54) is 6.07 Å². The summed E-state index contributed by atoms with van der Waals surface area (Å²) in [6.45, 7) is 4.33. The van der Waals surface area contributed by atoms with Gasteiger partial charge < -0.3 is 9.84 Å². The van der Waals surface area contributed by atoms with Gasteiger partial charge in [0.2, 0.25) is 0 Å². The van der Waals surface area contributed by atoms with Gasteiger partial charge in [0.05, 0.1) is 6.54 Å². The van der Waals surface area contributed by atoms with E-state index in [2.05, 4.69) is 15.5 Å². The first-order valence-electron chi connectivity index (χ1n) is 5.58. The quantitative estimate of drug-likeness (QED) is 0.909. The molecule has 1 aromatic carbocycles. The molecule has 0 aliphatic heterocycles. The standard InChI is InChI=1S/C12H13F2N3O/c1-7(2)15-6-10-16-12(18-17-10)11-8(13)4-3-5-9(11)14/h3-5,7,15H,6H2,1-2H3. The van der Waals surface area contributed by atoms with Crippen molar-refractivity contribution < 1.29 is 13.3 Å². The predicted octanol–water partition coefficient (Wildman–Crippen LogP) is 2.51. The third kappa shape index (κ3) is 2.70. The molecule has 2 rings (SSSR count). The second-order valence-electron chi connectivity index (χ2n) is 4.15. The van der Waals surface area contributed by atoms with Crippen molar-refractivity contribution in [3.8, 4) is 11.5 Å². The van der Waals surface area contributed by atoms with Crippen LogP contribution in [0.25, 0.3) is 11.5 Å². The summed E-state index contributed by atoms with van der Waals surface area (Å²) < 4.78 is 31.8.